The molecule has 4 atom stereocenters. The van der Waals surface area contributed by atoms with Crippen molar-refractivity contribution in [2.24, 2.45) is 23.3 Å². The quantitative estimate of drug-likeness (QED) is 0.384. The molecule has 0 rings (SSSR count). The molecule has 1 radical (unpaired) electrons. The van der Waals surface area contributed by atoms with Crippen LogP contribution in [0.1, 0.15) is 55.4 Å². The molecular weight excluding hydrogens is 508 g/mol. The van der Waals surface area contributed by atoms with Gasteiger partial charge in [-0.1, -0.05) is 55.4 Å². The molecule has 0 spiro atoms. The van der Waals surface area contributed by atoms with E-state index in [1.54, 1.807) is 13.8 Å². The molecule has 0 saturated carbocycles. The van der Waals surface area contributed by atoms with Gasteiger partial charge in [0.1, 0.15) is 0 Å². The third kappa shape index (κ3) is 13.4. The van der Waals surface area contributed by atoms with Crippen molar-refractivity contribution in [3.63, 3.8) is 0 Å². The number of aliphatic carboxylic acids is 2. The number of carbonyl (C=O) groups is 2. The van der Waals surface area contributed by atoms with E-state index in [4.69, 9.17) is 20.3 Å². The van der Waals surface area contributed by atoms with E-state index >= 15 is 0 Å². The molecule has 11 heteroatoms. The van der Waals surface area contributed by atoms with Gasteiger partial charge in [-0.15, -0.1) is 0 Å². The number of carbonyl (C=O) groups excluding carboxylic acids is 2. The summed E-state index contributed by atoms with van der Waals surface area (Å²) in [5.41, 5.74) is 10.9. The summed E-state index contributed by atoms with van der Waals surface area (Å²) in [6.45, 7) is 25.7. The second-order valence-corrected chi connectivity index (χ2v) is 21.4. The van der Waals surface area contributed by atoms with Gasteiger partial charge >= 0.3 is 17.1 Å². The first-order valence-corrected chi connectivity index (χ1v) is 17.0. The van der Waals surface area contributed by atoms with E-state index in [1.807, 2.05) is 0 Å². The van der Waals surface area contributed by atoms with Crippen molar-refractivity contribution in [2.45, 2.75) is 104 Å². The van der Waals surface area contributed by atoms with Crippen LogP contribution < -0.4 is 21.7 Å². The normalized spacial score (nSPS) is 16.4. The minimum Gasteiger partial charge on any atom is -0.548 e. The van der Waals surface area contributed by atoms with Crippen LogP contribution in [0.25, 0.3) is 0 Å². The number of hydrogen-bond acceptors (Lipinski definition) is 8. The van der Waals surface area contributed by atoms with E-state index in [0.717, 1.165) is 0 Å². The standard InChI is InChI=1S/2C11H25NO3Si.Cu/c2*1-8(9(12)10(13)14)7-15-16(5,6)11(2,3)4;/h2*8-9H,7,12H2,1-6H3,(H,13,14);/q;;+2/p-2/t2*8?,9-;/m11./s1. The zero-order chi connectivity index (χ0) is 26.3. The Bertz CT molecular complexity index is 555. The van der Waals surface area contributed by atoms with Crippen LogP contribution in [0, 0.1) is 11.8 Å². The maximum atomic E-state index is 10.6. The second kappa shape index (κ2) is 14.3. The summed E-state index contributed by atoms with van der Waals surface area (Å²) in [6.07, 6.45) is 0. The van der Waals surface area contributed by atoms with E-state index in [9.17, 15) is 19.8 Å². The van der Waals surface area contributed by atoms with Gasteiger partial charge in [-0.3, -0.25) is 0 Å². The van der Waals surface area contributed by atoms with Crippen molar-refractivity contribution in [1.82, 2.24) is 0 Å². The molecule has 33 heavy (non-hydrogen) atoms. The summed E-state index contributed by atoms with van der Waals surface area (Å²) >= 11 is 0. The van der Waals surface area contributed by atoms with Crippen LogP contribution in [0.2, 0.25) is 36.3 Å². The summed E-state index contributed by atoms with van der Waals surface area (Å²) in [4.78, 5) is 21.2. The molecule has 8 nitrogen and oxygen atoms in total. The Kier molecular flexibility index (Phi) is 16.2. The van der Waals surface area contributed by atoms with Crippen LogP contribution >= 0.6 is 0 Å². The Morgan fingerprint density at radius 2 is 0.939 bits per heavy atom. The molecule has 0 aromatic rings. The zero-order valence-electron chi connectivity index (χ0n) is 22.6. The van der Waals surface area contributed by atoms with Crippen molar-refractivity contribution in [1.29, 1.82) is 0 Å². The molecule has 0 aliphatic rings. The topological polar surface area (TPSA) is 151 Å². The number of nitrogens with two attached hydrogens (primary N) is 2. The molecule has 0 aromatic heterocycles. The van der Waals surface area contributed by atoms with Crippen molar-refractivity contribution < 1.29 is 45.7 Å². The van der Waals surface area contributed by atoms with Crippen molar-refractivity contribution in [3.05, 3.63) is 0 Å². The number of carboxylic acid groups (broad SMARTS) is 2. The van der Waals surface area contributed by atoms with Crippen LogP contribution in [0.5, 0.6) is 0 Å². The molecular formula is C22H48CuN2O6Si2. The molecule has 0 bridgehead atoms. The summed E-state index contributed by atoms with van der Waals surface area (Å²) in [5.74, 6) is -2.88. The predicted octanol–water partition coefficient (Wildman–Crippen LogP) is 1.44. The number of hydrogen-bond donors (Lipinski definition) is 2. The van der Waals surface area contributed by atoms with Crippen LogP contribution in [-0.2, 0) is 35.5 Å². The largest absolute Gasteiger partial charge is 2.00 e. The first-order valence-electron chi connectivity index (χ1n) is 11.2. The fraction of sp³-hybridized carbons (Fsp3) is 0.909. The molecule has 0 aliphatic carbocycles. The van der Waals surface area contributed by atoms with Gasteiger partial charge in [-0.25, -0.2) is 0 Å². The smallest absolute Gasteiger partial charge is 0.548 e. The molecule has 201 valence electrons. The first-order chi connectivity index (χ1) is 14.0. The van der Waals surface area contributed by atoms with Gasteiger partial charge in [0, 0.05) is 25.3 Å². The van der Waals surface area contributed by atoms with E-state index in [0.29, 0.717) is 13.2 Å². The Balaban J connectivity index is -0.000000529. The maximum Gasteiger partial charge on any atom is 2.00 e. The fourth-order valence-electron chi connectivity index (χ4n) is 1.78. The molecule has 0 saturated heterocycles. The monoisotopic (exact) mass is 555 g/mol. The van der Waals surface area contributed by atoms with Crippen LogP contribution in [0.4, 0.5) is 0 Å². The van der Waals surface area contributed by atoms with Crippen LogP contribution in [-0.4, -0.2) is 53.9 Å². The predicted molar refractivity (Wildman–Crippen MR) is 131 cm³/mol. The molecule has 0 fully saturated rings. The van der Waals surface area contributed by atoms with Gasteiger partial charge in [0.25, 0.3) is 0 Å². The average Bonchev–Trinajstić information content (AvgIpc) is 2.61. The molecule has 0 heterocycles. The molecule has 0 amide bonds. The van der Waals surface area contributed by atoms with Crippen LogP contribution in [0.15, 0.2) is 0 Å². The van der Waals surface area contributed by atoms with Gasteiger partial charge in [0.15, 0.2) is 16.6 Å². The van der Waals surface area contributed by atoms with Gasteiger partial charge < -0.3 is 40.1 Å². The minimum absolute atomic E-state index is 0. The van der Waals surface area contributed by atoms with Gasteiger partial charge in [-0.05, 0) is 48.1 Å². The fourth-order valence-corrected chi connectivity index (χ4v) is 4.01. The Labute approximate surface area is 214 Å². The first kappa shape index (κ1) is 37.3. The van der Waals surface area contributed by atoms with E-state index < -0.39 is 40.7 Å². The minimum atomic E-state index is -1.82. The maximum absolute atomic E-state index is 10.6. The summed E-state index contributed by atoms with van der Waals surface area (Å²) in [7, 11) is -3.63. The van der Waals surface area contributed by atoms with Crippen molar-refractivity contribution in [3.8, 4) is 0 Å². The average molecular weight is 556 g/mol. The van der Waals surface area contributed by atoms with Gasteiger partial charge in [0.2, 0.25) is 0 Å². The van der Waals surface area contributed by atoms with Gasteiger partial charge in [0.05, 0.1) is 11.9 Å². The summed E-state index contributed by atoms with van der Waals surface area (Å²) in [5, 5.41) is 21.4. The second-order valence-electron chi connectivity index (χ2n) is 11.8. The summed E-state index contributed by atoms with van der Waals surface area (Å²) < 4.78 is 11.8. The SMILES string of the molecule is CC(CO[Si](C)(C)C(C)(C)C)[C@@H](N)C(=O)[O-].CC(CO[Si](C)(C)C(C)(C)C)[C@@H](N)C(=O)[O-].[Cu+2]. The molecule has 0 aromatic carbocycles. The van der Waals surface area contributed by atoms with Crippen molar-refractivity contribution >= 4 is 28.6 Å². The zero-order valence-corrected chi connectivity index (χ0v) is 25.6. The molecule has 0 aliphatic heterocycles. The third-order valence-corrected chi connectivity index (χ3v) is 15.8. The van der Waals surface area contributed by atoms with Crippen LogP contribution in [0.3, 0.4) is 0 Å². The number of carboxylic acids is 2. The van der Waals surface area contributed by atoms with E-state index in [2.05, 4.69) is 67.7 Å². The molecule has 4 N–H and O–H groups in total. The van der Waals surface area contributed by atoms with Gasteiger partial charge in [-0.2, -0.15) is 0 Å². The van der Waals surface area contributed by atoms with Crippen molar-refractivity contribution in [2.75, 3.05) is 13.2 Å². The Hall–Kier alpha value is -0.267. The number of rotatable bonds is 10. The van der Waals surface area contributed by atoms with E-state index in [-0.39, 0.29) is 39.0 Å². The third-order valence-electron chi connectivity index (χ3n) is 6.80. The Morgan fingerprint density at radius 3 is 1.09 bits per heavy atom. The van der Waals surface area contributed by atoms with E-state index in [1.165, 1.54) is 0 Å². The Morgan fingerprint density at radius 1 is 0.727 bits per heavy atom. The summed E-state index contributed by atoms with van der Waals surface area (Å²) in [6, 6.07) is -1.91. The molecule has 2 unspecified atom stereocenters.